The molecule has 0 aliphatic carbocycles. The van der Waals surface area contributed by atoms with Gasteiger partial charge in [0, 0.05) is 13.6 Å². The largest absolute Gasteiger partial charge is 0.481 e. The van der Waals surface area contributed by atoms with E-state index in [1.165, 1.54) is 7.05 Å². The molecule has 2 unspecified atom stereocenters. The van der Waals surface area contributed by atoms with Crippen LogP contribution in [0.1, 0.15) is 20.8 Å². The van der Waals surface area contributed by atoms with Crippen molar-refractivity contribution in [2.24, 2.45) is 5.92 Å². The molecule has 3 amide bonds. The van der Waals surface area contributed by atoms with E-state index in [1.54, 1.807) is 18.7 Å². The number of carboxylic acids is 1. The van der Waals surface area contributed by atoms with Crippen LogP contribution < -0.4 is 10.6 Å². The van der Waals surface area contributed by atoms with Gasteiger partial charge < -0.3 is 10.4 Å². The quantitative estimate of drug-likeness (QED) is 0.617. The molecule has 0 radical (unpaired) electrons. The average molecular weight is 259 g/mol. The van der Waals surface area contributed by atoms with Crippen molar-refractivity contribution < 1.29 is 19.5 Å². The van der Waals surface area contributed by atoms with Gasteiger partial charge in [-0.1, -0.05) is 13.8 Å². The number of nitrogens with one attached hydrogen (secondary N) is 2. The van der Waals surface area contributed by atoms with E-state index in [-0.39, 0.29) is 6.54 Å². The number of aliphatic carboxylic acids is 1. The lowest BCUT2D eigenvalue weighted by atomic mass is 10.1. The molecule has 18 heavy (non-hydrogen) atoms. The second-order valence-electron chi connectivity index (χ2n) is 4.07. The fourth-order valence-electron chi connectivity index (χ4n) is 1.44. The fourth-order valence-corrected chi connectivity index (χ4v) is 1.44. The summed E-state index contributed by atoms with van der Waals surface area (Å²) in [6, 6.07) is -1.14. The number of carbonyl (C=O) groups is 3. The Hall–Kier alpha value is -1.63. The topological polar surface area (TPSA) is 98.7 Å². The van der Waals surface area contributed by atoms with Crippen LogP contribution in [0.5, 0.6) is 0 Å². The molecule has 0 rings (SSSR count). The molecule has 0 bridgehead atoms. The highest BCUT2D eigenvalue weighted by Crippen LogP contribution is 2.05. The van der Waals surface area contributed by atoms with Crippen molar-refractivity contribution in [1.82, 2.24) is 15.5 Å². The Bertz CT molecular complexity index is 319. The van der Waals surface area contributed by atoms with E-state index >= 15 is 0 Å². The van der Waals surface area contributed by atoms with Gasteiger partial charge >= 0.3 is 12.0 Å². The van der Waals surface area contributed by atoms with Crippen LogP contribution in [0, 0.1) is 5.92 Å². The molecule has 3 N–H and O–H groups in total. The summed E-state index contributed by atoms with van der Waals surface area (Å²) >= 11 is 0. The Labute approximate surface area is 107 Å². The Balaban J connectivity index is 4.50. The Morgan fingerprint density at radius 2 is 1.83 bits per heavy atom. The molecule has 7 nitrogen and oxygen atoms in total. The van der Waals surface area contributed by atoms with Crippen LogP contribution in [0.2, 0.25) is 0 Å². The zero-order valence-corrected chi connectivity index (χ0v) is 11.2. The summed E-state index contributed by atoms with van der Waals surface area (Å²) in [7, 11) is 1.41. The lowest BCUT2D eigenvalue weighted by molar-refractivity contribution is -0.142. The fraction of sp³-hybridized carbons (Fsp3) is 0.727. The number of imide groups is 1. The molecule has 0 spiro atoms. The standard InChI is InChI=1S/C11H21N3O4/c1-5-14(6-7(2)10(16)17)8(3)9(15)13-11(18)12-4/h7-8H,5-6H2,1-4H3,(H,16,17)(H2,12,13,15,18). The smallest absolute Gasteiger partial charge is 0.321 e. The number of urea groups is 1. The predicted octanol–water partition coefficient (Wildman–Crippen LogP) is -0.127. The van der Waals surface area contributed by atoms with Gasteiger partial charge in [0.2, 0.25) is 5.91 Å². The lowest BCUT2D eigenvalue weighted by Crippen LogP contribution is -2.50. The van der Waals surface area contributed by atoms with Gasteiger partial charge in [-0.05, 0) is 13.5 Å². The first kappa shape index (κ1) is 16.4. The molecule has 0 heterocycles. The molecular formula is C11H21N3O4. The highest BCUT2D eigenvalue weighted by Gasteiger charge is 2.24. The van der Waals surface area contributed by atoms with Gasteiger partial charge in [-0.2, -0.15) is 0 Å². The van der Waals surface area contributed by atoms with Crippen LogP contribution in [0.4, 0.5) is 4.79 Å². The van der Waals surface area contributed by atoms with Gasteiger partial charge in [0.15, 0.2) is 0 Å². The van der Waals surface area contributed by atoms with Crippen LogP contribution in [0.25, 0.3) is 0 Å². The van der Waals surface area contributed by atoms with E-state index in [9.17, 15) is 14.4 Å². The normalized spacial score (nSPS) is 13.8. The number of amides is 3. The summed E-state index contributed by atoms with van der Waals surface area (Å²) in [5.41, 5.74) is 0. The average Bonchev–Trinajstić information content (AvgIpc) is 2.34. The molecule has 0 aromatic rings. The van der Waals surface area contributed by atoms with Crippen molar-refractivity contribution in [3.05, 3.63) is 0 Å². The number of carbonyl (C=O) groups excluding carboxylic acids is 2. The zero-order chi connectivity index (χ0) is 14.3. The maximum absolute atomic E-state index is 11.7. The minimum atomic E-state index is -0.910. The van der Waals surface area contributed by atoms with Gasteiger partial charge in [0.1, 0.15) is 0 Å². The van der Waals surface area contributed by atoms with Crippen molar-refractivity contribution in [2.75, 3.05) is 20.1 Å². The van der Waals surface area contributed by atoms with E-state index in [2.05, 4.69) is 10.6 Å². The van der Waals surface area contributed by atoms with Crippen molar-refractivity contribution in [2.45, 2.75) is 26.8 Å². The van der Waals surface area contributed by atoms with Gasteiger partial charge in [0.05, 0.1) is 12.0 Å². The first-order valence-electron chi connectivity index (χ1n) is 5.82. The van der Waals surface area contributed by atoms with E-state index in [4.69, 9.17) is 5.11 Å². The summed E-state index contributed by atoms with van der Waals surface area (Å²) in [6.45, 7) is 5.83. The molecule has 7 heteroatoms. The zero-order valence-electron chi connectivity index (χ0n) is 11.2. The monoisotopic (exact) mass is 259 g/mol. The van der Waals surface area contributed by atoms with Crippen molar-refractivity contribution in [3.63, 3.8) is 0 Å². The summed E-state index contributed by atoms with van der Waals surface area (Å²) in [5, 5.41) is 13.3. The predicted molar refractivity (Wildman–Crippen MR) is 66.1 cm³/mol. The first-order valence-corrected chi connectivity index (χ1v) is 5.82. The van der Waals surface area contributed by atoms with Gasteiger partial charge in [-0.3, -0.25) is 19.8 Å². The van der Waals surface area contributed by atoms with Crippen molar-refractivity contribution in [3.8, 4) is 0 Å². The Morgan fingerprint density at radius 1 is 1.28 bits per heavy atom. The number of hydrogen-bond donors (Lipinski definition) is 3. The van der Waals surface area contributed by atoms with Crippen molar-refractivity contribution >= 4 is 17.9 Å². The molecule has 0 saturated carbocycles. The van der Waals surface area contributed by atoms with E-state index in [0.29, 0.717) is 6.54 Å². The summed E-state index contributed by atoms with van der Waals surface area (Å²) in [5.74, 6) is -1.93. The summed E-state index contributed by atoms with van der Waals surface area (Å²) < 4.78 is 0. The Morgan fingerprint density at radius 3 is 2.22 bits per heavy atom. The summed E-state index contributed by atoms with van der Waals surface area (Å²) in [6.07, 6.45) is 0. The summed E-state index contributed by atoms with van der Waals surface area (Å²) in [4.78, 5) is 35.2. The molecule has 0 aromatic heterocycles. The molecule has 0 aliphatic heterocycles. The molecule has 0 aromatic carbocycles. The number of carboxylic acid groups (broad SMARTS) is 1. The highest BCUT2D eigenvalue weighted by atomic mass is 16.4. The Kier molecular flexibility index (Phi) is 6.96. The van der Waals surface area contributed by atoms with Crippen LogP contribution in [-0.4, -0.2) is 54.1 Å². The third kappa shape index (κ3) is 5.13. The van der Waals surface area contributed by atoms with Crippen LogP contribution in [-0.2, 0) is 9.59 Å². The van der Waals surface area contributed by atoms with Crippen LogP contribution >= 0.6 is 0 Å². The SMILES string of the molecule is CCN(CC(C)C(=O)O)C(C)C(=O)NC(=O)NC. The van der Waals surface area contributed by atoms with Crippen LogP contribution in [0.3, 0.4) is 0 Å². The first-order chi connectivity index (χ1) is 8.33. The second kappa shape index (κ2) is 7.65. The molecule has 0 aliphatic rings. The maximum Gasteiger partial charge on any atom is 0.321 e. The molecule has 2 atom stereocenters. The van der Waals surface area contributed by atoms with E-state index < -0.39 is 29.9 Å². The van der Waals surface area contributed by atoms with Gasteiger partial charge in [-0.15, -0.1) is 0 Å². The number of hydrogen-bond acceptors (Lipinski definition) is 4. The third-order valence-corrected chi connectivity index (χ3v) is 2.73. The minimum Gasteiger partial charge on any atom is -0.481 e. The van der Waals surface area contributed by atoms with Gasteiger partial charge in [0.25, 0.3) is 0 Å². The van der Waals surface area contributed by atoms with E-state index in [0.717, 1.165) is 0 Å². The third-order valence-electron chi connectivity index (χ3n) is 2.73. The molecular weight excluding hydrogens is 238 g/mol. The van der Waals surface area contributed by atoms with Crippen LogP contribution in [0.15, 0.2) is 0 Å². The molecule has 0 saturated heterocycles. The number of nitrogens with zero attached hydrogens (tertiary/aromatic N) is 1. The highest BCUT2D eigenvalue weighted by molar-refractivity contribution is 5.96. The molecule has 104 valence electrons. The molecule has 0 fully saturated rings. The van der Waals surface area contributed by atoms with E-state index in [1.807, 2.05) is 6.92 Å². The second-order valence-corrected chi connectivity index (χ2v) is 4.07. The maximum atomic E-state index is 11.7. The number of likely N-dealkylation sites (N-methyl/N-ethyl adjacent to an activating group) is 1. The minimum absolute atomic E-state index is 0.258. The van der Waals surface area contributed by atoms with Crippen molar-refractivity contribution in [1.29, 1.82) is 0 Å². The van der Waals surface area contributed by atoms with Gasteiger partial charge in [-0.25, -0.2) is 4.79 Å². The number of rotatable bonds is 6. The lowest BCUT2D eigenvalue weighted by Gasteiger charge is -2.27.